The molecule has 1 fully saturated rings. The number of rotatable bonds is 7. The molecule has 5 rings (SSSR count). The largest absolute Gasteiger partial charge is 0.398 e. The normalized spacial score (nSPS) is 14.5. The number of aromatic nitrogens is 2. The molecule has 1 aromatic heterocycles. The number of nitrogens with two attached hydrogens (primary N) is 1. The van der Waals surface area contributed by atoms with Crippen molar-refractivity contribution in [1.29, 1.82) is 0 Å². The summed E-state index contributed by atoms with van der Waals surface area (Å²) in [5.41, 5.74) is 11.6. The van der Waals surface area contributed by atoms with E-state index >= 15 is 0 Å². The average Bonchev–Trinajstić information content (AvgIpc) is 3.27. The van der Waals surface area contributed by atoms with Gasteiger partial charge in [-0.1, -0.05) is 36.4 Å². The monoisotopic (exact) mass is 440 g/mol. The van der Waals surface area contributed by atoms with E-state index in [0.29, 0.717) is 11.3 Å². The van der Waals surface area contributed by atoms with Gasteiger partial charge in [0.05, 0.1) is 31.5 Å². The van der Waals surface area contributed by atoms with Crippen molar-refractivity contribution < 1.29 is 9.53 Å². The van der Waals surface area contributed by atoms with Crippen molar-refractivity contribution in [3.63, 3.8) is 0 Å². The number of carbonyl (C=O) groups is 1. The predicted octanol–water partition coefficient (Wildman–Crippen LogP) is 4.04. The molecule has 0 spiro atoms. The van der Waals surface area contributed by atoms with Gasteiger partial charge in [-0.05, 0) is 47.0 Å². The average molecular weight is 441 g/mol. The van der Waals surface area contributed by atoms with Crippen molar-refractivity contribution in [3.05, 3.63) is 84.1 Å². The number of ether oxygens (including phenoxy) is 1. The van der Waals surface area contributed by atoms with E-state index < -0.39 is 0 Å². The van der Waals surface area contributed by atoms with E-state index in [1.807, 2.05) is 65.5 Å². The molecule has 0 unspecified atom stereocenters. The number of anilines is 1. The fourth-order valence-corrected chi connectivity index (χ4v) is 4.34. The zero-order valence-corrected chi connectivity index (χ0v) is 18.6. The molecule has 6 nitrogen and oxygen atoms in total. The molecular formula is C27H28N4O2. The first-order chi connectivity index (χ1) is 16.2. The summed E-state index contributed by atoms with van der Waals surface area (Å²) in [4.78, 5) is 15.5. The fourth-order valence-electron chi connectivity index (χ4n) is 4.34. The van der Waals surface area contributed by atoms with Gasteiger partial charge in [-0.15, -0.1) is 0 Å². The molecular weight excluding hydrogens is 412 g/mol. The molecule has 0 bridgehead atoms. The molecule has 1 saturated heterocycles. The molecule has 3 aromatic carbocycles. The fraction of sp³-hybridized carbons (Fsp3) is 0.259. The Labute approximate surface area is 193 Å². The smallest absolute Gasteiger partial charge is 0.167 e. The molecule has 1 aliphatic heterocycles. The van der Waals surface area contributed by atoms with Gasteiger partial charge in [0.25, 0.3) is 0 Å². The van der Waals surface area contributed by atoms with Crippen LogP contribution in [0.3, 0.4) is 0 Å². The van der Waals surface area contributed by atoms with Gasteiger partial charge >= 0.3 is 0 Å². The Morgan fingerprint density at radius 3 is 2.58 bits per heavy atom. The molecule has 6 heteroatoms. The summed E-state index contributed by atoms with van der Waals surface area (Å²) in [6, 6.07) is 21.9. The van der Waals surface area contributed by atoms with Gasteiger partial charge in [-0.3, -0.25) is 14.4 Å². The number of Topliss-reactive ketones (excluding diaryl/α,β-unsaturated/α-hetero) is 1. The van der Waals surface area contributed by atoms with Gasteiger partial charge < -0.3 is 10.5 Å². The summed E-state index contributed by atoms with van der Waals surface area (Å²) in [5.74, 6) is 0.0508. The van der Waals surface area contributed by atoms with Crippen LogP contribution in [0.25, 0.3) is 22.0 Å². The Morgan fingerprint density at radius 2 is 1.76 bits per heavy atom. The number of morpholine rings is 1. The van der Waals surface area contributed by atoms with Crippen LogP contribution in [0.5, 0.6) is 0 Å². The van der Waals surface area contributed by atoms with Crippen LogP contribution in [0.2, 0.25) is 0 Å². The second kappa shape index (κ2) is 9.57. The number of hydrogen-bond donors (Lipinski definition) is 1. The molecule has 33 heavy (non-hydrogen) atoms. The molecule has 2 heterocycles. The minimum absolute atomic E-state index is 0.0508. The van der Waals surface area contributed by atoms with Crippen molar-refractivity contribution in [1.82, 2.24) is 14.7 Å². The van der Waals surface area contributed by atoms with E-state index in [1.54, 1.807) is 0 Å². The van der Waals surface area contributed by atoms with Gasteiger partial charge in [-0.2, -0.15) is 5.10 Å². The highest BCUT2D eigenvalue weighted by Gasteiger charge is 2.14. The Bertz CT molecular complexity index is 1260. The van der Waals surface area contributed by atoms with E-state index in [0.717, 1.165) is 67.0 Å². The summed E-state index contributed by atoms with van der Waals surface area (Å²) < 4.78 is 7.43. The first-order valence-corrected chi connectivity index (χ1v) is 11.4. The summed E-state index contributed by atoms with van der Waals surface area (Å²) in [6.07, 6.45) is 2.11. The summed E-state index contributed by atoms with van der Waals surface area (Å²) in [5, 5.41) is 5.53. The van der Waals surface area contributed by atoms with Crippen LogP contribution < -0.4 is 5.73 Å². The van der Waals surface area contributed by atoms with Crippen LogP contribution in [-0.4, -0.2) is 53.3 Å². The quantitative estimate of drug-likeness (QED) is 0.347. The zero-order valence-electron chi connectivity index (χ0n) is 18.6. The molecule has 0 amide bonds. The minimum Gasteiger partial charge on any atom is -0.398 e. The van der Waals surface area contributed by atoms with Crippen LogP contribution in [0, 0.1) is 0 Å². The molecule has 0 aliphatic carbocycles. The first-order valence-electron chi connectivity index (χ1n) is 11.4. The van der Waals surface area contributed by atoms with Gasteiger partial charge in [0.1, 0.15) is 0 Å². The highest BCUT2D eigenvalue weighted by atomic mass is 16.5. The van der Waals surface area contributed by atoms with Crippen molar-refractivity contribution in [2.75, 3.05) is 38.6 Å². The number of fused-ring (bicyclic) bond motifs is 1. The number of carbonyl (C=O) groups excluding carboxylic acids is 1. The van der Waals surface area contributed by atoms with E-state index in [-0.39, 0.29) is 12.2 Å². The van der Waals surface area contributed by atoms with Crippen molar-refractivity contribution >= 4 is 22.4 Å². The summed E-state index contributed by atoms with van der Waals surface area (Å²) >= 11 is 0. The Hall–Kier alpha value is -3.48. The standard InChI is InChI=1S/C27H28N4O2/c28-25-8-6-21(20-4-2-1-3-5-20)16-23(25)18-27(32)22-7-9-26-24(17-22)19-29-31(26)11-10-30-12-14-33-15-13-30/h1-9,16-17,19H,10-15,18,28H2. The van der Waals surface area contributed by atoms with Gasteiger partial charge in [-0.25, -0.2) is 0 Å². The SMILES string of the molecule is Nc1ccc(-c2ccccc2)cc1CC(=O)c1ccc2c(cnn2CCN2CCOCC2)c1. The van der Waals surface area contributed by atoms with Crippen molar-refractivity contribution in [3.8, 4) is 11.1 Å². The lowest BCUT2D eigenvalue weighted by Gasteiger charge is -2.26. The van der Waals surface area contributed by atoms with Crippen LogP contribution >= 0.6 is 0 Å². The molecule has 0 saturated carbocycles. The molecule has 168 valence electrons. The Kier molecular flexibility index (Phi) is 6.19. The third-order valence-corrected chi connectivity index (χ3v) is 6.30. The van der Waals surface area contributed by atoms with E-state index in [2.05, 4.69) is 22.1 Å². The van der Waals surface area contributed by atoms with E-state index in [4.69, 9.17) is 10.5 Å². The number of nitrogens with zero attached hydrogens (tertiary/aromatic N) is 3. The first kappa shape index (κ1) is 21.4. The van der Waals surface area contributed by atoms with Crippen LogP contribution in [-0.2, 0) is 17.7 Å². The number of ketones is 1. The van der Waals surface area contributed by atoms with Crippen LogP contribution in [0.4, 0.5) is 5.69 Å². The lowest BCUT2D eigenvalue weighted by atomic mass is 9.97. The third-order valence-electron chi connectivity index (χ3n) is 6.30. The van der Waals surface area contributed by atoms with E-state index in [9.17, 15) is 4.79 Å². The van der Waals surface area contributed by atoms with Gasteiger partial charge in [0.2, 0.25) is 0 Å². The van der Waals surface area contributed by atoms with E-state index in [1.165, 1.54) is 0 Å². The molecule has 0 atom stereocenters. The maximum atomic E-state index is 13.1. The third kappa shape index (κ3) is 4.82. The maximum Gasteiger partial charge on any atom is 0.167 e. The van der Waals surface area contributed by atoms with Crippen LogP contribution in [0.15, 0.2) is 72.9 Å². The lowest BCUT2D eigenvalue weighted by molar-refractivity contribution is 0.0361. The number of nitrogen functional groups attached to an aromatic ring is 1. The van der Waals surface area contributed by atoms with Gasteiger partial charge in [0.15, 0.2) is 5.78 Å². The van der Waals surface area contributed by atoms with Crippen molar-refractivity contribution in [2.45, 2.75) is 13.0 Å². The van der Waals surface area contributed by atoms with Crippen LogP contribution in [0.1, 0.15) is 15.9 Å². The second-order valence-electron chi connectivity index (χ2n) is 8.47. The highest BCUT2D eigenvalue weighted by Crippen LogP contribution is 2.25. The zero-order chi connectivity index (χ0) is 22.6. The Morgan fingerprint density at radius 1 is 0.939 bits per heavy atom. The lowest BCUT2D eigenvalue weighted by Crippen LogP contribution is -2.38. The molecule has 1 aliphatic rings. The highest BCUT2D eigenvalue weighted by molar-refractivity contribution is 6.01. The molecule has 4 aromatic rings. The maximum absolute atomic E-state index is 13.1. The summed E-state index contributed by atoms with van der Waals surface area (Å²) in [6.45, 7) is 5.28. The molecule has 0 radical (unpaired) electrons. The Balaban J connectivity index is 1.31. The summed E-state index contributed by atoms with van der Waals surface area (Å²) in [7, 11) is 0. The molecule has 2 N–H and O–H groups in total. The van der Waals surface area contributed by atoms with Crippen molar-refractivity contribution in [2.24, 2.45) is 0 Å². The van der Waals surface area contributed by atoms with Gasteiger partial charge in [0, 0.05) is 42.7 Å². The second-order valence-corrected chi connectivity index (χ2v) is 8.47. The minimum atomic E-state index is 0.0508. The number of benzene rings is 3. The predicted molar refractivity (Wildman–Crippen MR) is 131 cm³/mol. The topological polar surface area (TPSA) is 73.4 Å². The number of hydrogen-bond acceptors (Lipinski definition) is 5.